The number of aromatic nitrogens is 1. The van der Waals surface area contributed by atoms with Crippen molar-refractivity contribution in [2.24, 2.45) is 11.1 Å². The fraction of sp³-hybridized carbons (Fsp3) is 0.455. The van der Waals surface area contributed by atoms with Crippen molar-refractivity contribution in [3.05, 3.63) is 24.4 Å². The maximum atomic E-state index is 12.1. The first-order valence-electron chi connectivity index (χ1n) is 5.09. The number of carbonyl (C=O) groups excluding carboxylic acids is 1. The van der Waals surface area contributed by atoms with Crippen molar-refractivity contribution in [1.82, 2.24) is 4.98 Å². The predicted molar refractivity (Wildman–Crippen MR) is 58.4 cm³/mol. The summed E-state index contributed by atoms with van der Waals surface area (Å²) < 4.78 is 0. The van der Waals surface area contributed by atoms with Crippen LogP contribution in [0.4, 0.5) is 5.82 Å². The summed E-state index contributed by atoms with van der Waals surface area (Å²) in [6, 6.07) is 5.52. The van der Waals surface area contributed by atoms with Gasteiger partial charge in [0.25, 0.3) is 0 Å². The summed E-state index contributed by atoms with van der Waals surface area (Å²) in [4.78, 5) is 17.8. The molecule has 1 aliphatic carbocycles. The molecular formula is C11H15N3O. The van der Waals surface area contributed by atoms with Crippen LogP contribution in [0.5, 0.6) is 0 Å². The molecule has 1 amide bonds. The minimum Gasteiger partial charge on any atom is -0.329 e. The van der Waals surface area contributed by atoms with E-state index in [9.17, 15) is 4.79 Å². The summed E-state index contributed by atoms with van der Waals surface area (Å²) >= 11 is 0. The van der Waals surface area contributed by atoms with Gasteiger partial charge < -0.3 is 5.73 Å². The molecule has 4 nitrogen and oxygen atoms in total. The second-order valence-electron chi connectivity index (χ2n) is 4.04. The molecule has 0 saturated heterocycles. The molecule has 2 N–H and O–H groups in total. The second-order valence-corrected chi connectivity index (χ2v) is 4.04. The Labute approximate surface area is 89.1 Å². The highest BCUT2D eigenvalue weighted by molar-refractivity contribution is 5.98. The van der Waals surface area contributed by atoms with Gasteiger partial charge in [0.1, 0.15) is 5.82 Å². The van der Waals surface area contributed by atoms with Gasteiger partial charge in [0, 0.05) is 19.8 Å². The monoisotopic (exact) mass is 205 g/mol. The fourth-order valence-corrected chi connectivity index (χ4v) is 1.67. The number of amides is 1. The van der Waals surface area contributed by atoms with E-state index in [0.29, 0.717) is 12.4 Å². The third-order valence-corrected chi connectivity index (χ3v) is 3.00. The van der Waals surface area contributed by atoms with Crippen molar-refractivity contribution < 1.29 is 4.79 Å². The first-order chi connectivity index (χ1) is 7.19. The van der Waals surface area contributed by atoms with Crippen LogP contribution >= 0.6 is 0 Å². The summed E-state index contributed by atoms with van der Waals surface area (Å²) in [6.07, 6.45) is 3.49. The molecule has 1 saturated carbocycles. The zero-order chi connectivity index (χ0) is 10.9. The number of hydrogen-bond acceptors (Lipinski definition) is 3. The zero-order valence-electron chi connectivity index (χ0n) is 8.81. The van der Waals surface area contributed by atoms with Crippen molar-refractivity contribution in [1.29, 1.82) is 0 Å². The minimum absolute atomic E-state index is 0.0868. The van der Waals surface area contributed by atoms with E-state index >= 15 is 0 Å². The highest BCUT2D eigenvalue weighted by Gasteiger charge is 2.50. The molecule has 4 heteroatoms. The molecule has 1 fully saturated rings. The molecule has 0 bridgehead atoms. The lowest BCUT2D eigenvalue weighted by atomic mass is 10.1. The lowest BCUT2D eigenvalue weighted by Gasteiger charge is -2.21. The molecule has 2 rings (SSSR count). The quantitative estimate of drug-likeness (QED) is 0.793. The molecule has 0 atom stereocenters. The van der Waals surface area contributed by atoms with Crippen LogP contribution < -0.4 is 10.6 Å². The Morgan fingerprint density at radius 2 is 2.33 bits per heavy atom. The van der Waals surface area contributed by atoms with E-state index in [1.807, 2.05) is 18.2 Å². The number of rotatable bonds is 3. The van der Waals surface area contributed by atoms with Gasteiger partial charge >= 0.3 is 0 Å². The fourth-order valence-electron chi connectivity index (χ4n) is 1.67. The number of hydrogen-bond donors (Lipinski definition) is 1. The summed E-state index contributed by atoms with van der Waals surface area (Å²) in [7, 11) is 1.75. The van der Waals surface area contributed by atoms with Crippen molar-refractivity contribution in [3.8, 4) is 0 Å². The molecule has 0 spiro atoms. The maximum absolute atomic E-state index is 12.1. The molecule has 15 heavy (non-hydrogen) atoms. The zero-order valence-corrected chi connectivity index (χ0v) is 8.81. The Balaban J connectivity index is 2.15. The van der Waals surface area contributed by atoms with Crippen LogP contribution in [0.3, 0.4) is 0 Å². The Morgan fingerprint density at radius 1 is 1.60 bits per heavy atom. The third-order valence-electron chi connectivity index (χ3n) is 3.00. The van der Waals surface area contributed by atoms with Crippen LogP contribution in [0.2, 0.25) is 0 Å². The van der Waals surface area contributed by atoms with Crippen LogP contribution in [0, 0.1) is 5.41 Å². The average Bonchev–Trinajstić information content (AvgIpc) is 3.09. The standard InChI is InChI=1S/C11H15N3O/c1-14(9-4-2-3-7-13-9)10(15)11(8-12)5-6-11/h2-4,7H,5-6,8,12H2,1H3. The summed E-state index contributed by atoms with van der Waals surface area (Å²) in [5, 5.41) is 0. The number of carbonyl (C=O) groups is 1. The van der Waals surface area contributed by atoms with E-state index in [2.05, 4.69) is 4.98 Å². The minimum atomic E-state index is -0.299. The van der Waals surface area contributed by atoms with Crippen LogP contribution in [0.1, 0.15) is 12.8 Å². The Kier molecular flexibility index (Phi) is 2.44. The number of nitrogens with two attached hydrogens (primary N) is 1. The first kappa shape index (κ1) is 10.1. The average molecular weight is 205 g/mol. The molecule has 0 radical (unpaired) electrons. The smallest absolute Gasteiger partial charge is 0.235 e. The second kappa shape index (κ2) is 3.62. The molecule has 1 aromatic heterocycles. The molecular weight excluding hydrogens is 190 g/mol. The number of pyridine rings is 1. The first-order valence-corrected chi connectivity index (χ1v) is 5.09. The van der Waals surface area contributed by atoms with Gasteiger partial charge in [-0.15, -0.1) is 0 Å². The van der Waals surface area contributed by atoms with Crippen molar-refractivity contribution >= 4 is 11.7 Å². The van der Waals surface area contributed by atoms with Gasteiger partial charge in [0.2, 0.25) is 5.91 Å². The Bertz CT molecular complexity index is 359. The molecule has 1 aromatic rings. The van der Waals surface area contributed by atoms with Gasteiger partial charge in [-0.2, -0.15) is 0 Å². The molecule has 1 aliphatic rings. The predicted octanol–water partition coefficient (Wildman–Crippen LogP) is 0.783. The van der Waals surface area contributed by atoms with Gasteiger partial charge in [-0.05, 0) is 25.0 Å². The van der Waals surface area contributed by atoms with Crippen LogP contribution in [0.15, 0.2) is 24.4 Å². The lowest BCUT2D eigenvalue weighted by Crippen LogP contribution is -2.38. The Morgan fingerprint density at radius 3 is 2.80 bits per heavy atom. The molecule has 0 aliphatic heterocycles. The highest BCUT2D eigenvalue weighted by atomic mass is 16.2. The van der Waals surface area contributed by atoms with Gasteiger partial charge in [-0.1, -0.05) is 6.07 Å². The number of nitrogens with zero attached hydrogens (tertiary/aromatic N) is 2. The maximum Gasteiger partial charge on any atom is 0.235 e. The van der Waals surface area contributed by atoms with E-state index < -0.39 is 0 Å². The molecule has 0 aromatic carbocycles. The van der Waals surface area contributed by atoms with Gasteiger partial charge in [0.15, 0.2) is 0 Å². The normalized spacial score (nSPS) is 17.2. The lowest BCUT2D eigenvalue weighted by molar-refractivity contribution is -0.123. The van der Waals surface area contributed by atoms with Gasteiger partial charge in [-0.3, -0.25) is 9.69 Å². The largest absolute Gasteiger partial charge is 0.329 e. The molecule has 80 valence electrons. The van der Waals surface area contributed by atoms with Gasteiger partial charge in [-0.25, -0.2) is 4.98 Å². The van der Waals surface area contributed by atoms with Crippen molar-refractivity contribution in [2.75, 3.05) is 18.5 Å². The van der Waals surface area contributed by atoms with Gasteiger partial charge in [0.05, 0.1) is 5.41 Å². The van der Waals surface area contributed by atoms with E-state index in [0.717, 1.165) is 12.8 Å². The molecule has 1 heterocycles. The van der Waals surface area contributed by atoms with Crippen molar-refractivity contribution in [3.63, 3.8) is 0 Å². The van der Waals surface area contributed by atoms with Crippen LogP contribution in [0.25, 0.3) is 0 Å². The highest BCUT2D eigenvalue weighted by Crippen LogP contribution is 2.46. The summed E-state index contributed by atoms with van der Waals surface area (Å²) in [5.41, 5.74) is 5.32. The summed E-state index contributed by atoms with van der Waals surface area (Å²) in [6.45, 7) is 0.434. The summed E-state index contributed by atoms with van der Waals surface area (Å²) in [5.74, 6) is 0.769. The van der Waals surface area contributed by atoms with E-state index in [4.69, 9.17) is 5.73 Å². The van der Waals surface area contributed by atoms with E-state index in [1.165, 1.54) is 0 Å². The SMILES string of the molecule is CN(C(=O)C1(CN)CC1)c1ccccn1. The Hall–Kier alpha value is -1.42. The van der Waals surface area contributed by atoms with E-state index in [1.54, 1.807) is 18.1 Å². The van der Waals surface area contributed by atoms with E-state index in [-0.39, 0.29) is 11.3 Å². The third kappa shape index (κ3) is 1.72. The van der Waals surface area contributed by atoms with Crippen LogP contribution in [-0.2, 0) is 4.79 Å². The van der Waals surface area contributed by atoms with Crippen LogP contribution in [-0.4, -0.2) is 24.5 Å². The number of anilines is 1. The van der Waals surface area contributed by atoms with Crippen molar-refractivity contribution in [2.45, 2.75) is 12.8 Å². The molecule has 0 unspecified atom stereocenters. The topological polar surface area (TPSA) is 59.2 Å².